The number of anilines is 1. The summed E-state index contributed by atoms with van der Waals surface area (Å²) in [5, 5.41) is 12.1. The number of alkyl halides is 4. The first-order valence-corrected chi connectivity index (χ1v) is 10.5. The van der Waals surface area contributed by atoms with Crippen molar-refractivity contribution in [1.29, 1.82) is 0 Å². The molecular formula is C17H12Cl7NO3. The number of carboxylic acid groups (broad SMARTS) is 1. The number of carbonyl (C=O) groups excluding carboxylic acids is 1. The van der Waals surface area contributed by atoms with Gasteiger partial charge in [-0.15, -0.1) is 23.2 Å². The van der Waals surface area contributed by atoms with Crippen LogP contribution in [0.2, 0.25) is 5.02 Å². The molecule has 2 N–H and O–H groups in total. The average molecular weight is 526 g/mol. The first-order valence-electron chi connectivity index (χ1n) is 7.85. The summed E-state index contributed by atoms with van der Waals surface area (Å²) in [4.78, 5) is 21.1. The van der Waals surface area contributed by atoms with Gasteiger partial charge in [-0.25, -0.2) is 0 Å². The van der Waals surface area contributed by atoms with Crippen molar-refractivity contribution in [3.8, 4) is 0 Å². The second kappa shape index (κ2) is 6.98. The molecule has 0 radical (unpaired) electrons. The lowest BCUT2D eigenvalue weighted by atomic mass is 9.81. The number of carboxylic acids is 1. The zero-order chi connectivity index (χ0) is 21.4. The Morgan fingerprint density at radius 1 is 0.964 bits per heavy atom. The molecule has 4 nitrogen and oxygen atoms in total. The predicted molar refractivity (Wildman–Crippen MR) is 115 cm³/mol. The van der Waals surface area contributed by atoms with E-state index in [1.54, 1.807) is 19.1 Å². The van der Waals surface area contributed by atoms with E-state index in [0.29, 0.717) is 11.3 Å². The fourth-order valence-electron chi connectivity index (χ4n) is 3.90. The molecule has 1 aromatic rings. The third kappa shape index (κ3) is 2.65. The fourth-order valence-corrected chi connectivity index (χ4v) is 7.21. The van der Waals surface area contributed by atoms with E-state index in [0.717, 1.165) is 5.56 Å². The van der Waals surface area contributed by atoms with Crippen molar-refractivity contribution in [2.75, 3.05) is 5.32 Å². The summed E-state index contributed by atoms with van der Waals surface area (Å²) < 4.78 is -2.16. The normalized spacial score (nSPS) is 33.3. The molecule has 1 fully saturated rings. The van der Waals surface area contributed by atoms with Gasteiger partial charge in [-0.2, -0.15) is 0 Å². The summed E-state index contributed by atoms with van der Waals surface area (Å²) in [6, 6.07) is 3.45. The van der Waals surface area contributed by atoms with Crippen molar-refractivity contribution in [3.05, 3.63) is 38.3 Å². The van der Waals surface area contributed by atoms with Crippen LogP contribution in [0, 0.1) is 25.7 Å². The summed E-state index contributed by atoms with van der Waals surface area (Å²) in [6.07, 6.45) is 0. The number of benzene rings is 1. The lowest BCUT2D eigenvalue weighted by molar-refractivity contribution is -0.146. The summed E-state index contributed by atoms with van der Waals surface area (Å²) in [5.41, 5.74) is 1.85. The van der Waals surface area contributed by atoms with E-state index in [9.17, 15) is 14.7 Å². The van der Waals surface area contributed by atoms with Crippen molar-refractivity contribution in [2.45, 2.75) is 27.9 Å². The van der Waals surface area contributed by atoms with Crippen LogP contribution in [-0.2, 0) is 9.59 Å². The van der Waals surface area contributed by atoms with Crippen LogP contribution in [0.1, 0.15) is 11.1 Å². The number of carbonyl (C=O) groups is 2. The van der Waals surface area contributed by atoms with Crippen LogP contribution in [0.25, 0.3) is 0 Å². The molecule has 0 heterocycles. The number of rotatable bonds is 3. The first kappa shape index (κ1) is 22.6. The Kier molecular flexibility index (Phi) is 5.64. The molecule has 0 spiro atoms. The summed E-state index contributed by atoms with van der Waals surface area (Å²) >= 11 is 44.5. The number of aryl methyl sites for hydroxylation is 2. The molecule has 2 aliphatic carbocycles. The third-order valence-electron chi connectivity index (χ3n) is 5.16. The van der Waals surface area contributed by atoms with E-state index in [1.807, 2.05) is 6.92 Å². The molecule has 2 bridgehead atoms. The molecular weight excluding hydrogens is 514 g/mol. The Morgan fingerprint density at radius 3 is 1.93 bits per heavy atom. The number of aliphatic carboxylic acids is 1. The Labute approximate surface area is 196 Å². The third-order valence-corrected chi connectivity index (χ3v) is 9.72. The van der Waals surface area contributed by atoms with Crippen LogP contribution in [0.3, 0.4) is 0 Å². The van der Waals surface area contributed by atoms with Gasteiger partial charge in [0.15, 0.2) is 4.33 Å². The van der Waals surface area contributed by atoms with Crippen LogP contribution in [0.4, 0.5) is 5.69 Å². The number of nitrogens with one attached hydrogen (secondary N) is 1. The highest BCUT2D eigenvalue weighted by Crippen LogP contribution is 2.76. The van der Waals surface area contributed by atoms with Crippen molar-refractivity contribution in [3.63, 3.8) is 0 Å². The van der Waals surface area contributed by atoms with E-state index in [2.05, 4.69) is 5.32 Å². The van der Waals surface area contributed by atoms with E-state index in [-0.39, 0.29) is 15.1 Å². The molecule has 0 aliphatic heterocycles. The maximum Gasteiger partial charge on any atom is 0.309 e. The highest BCUT2D eigenvalue weighted by atomic mass is 35.5. The Hall–Kier alpha value is -0.0700. The standard InChI is InChI=1S/C17H12Cl7NO3/c1-5-3-6(2)10(7(18)4-5)25-13(26)8-9(14(27)28)16(22)12(20)11(19)15(8,21)17(16,23)24/h3-4,8-9H,1-2H3,(H,25,26)(H,27,28)/t8-,9-,15+,16+/m0/s1. The molecule has 2 aliphatic rings. The van der Waals surface area contributed by atoms with Crippen LogP contribution >= 0.6 is 81.2 Å². The van der Waals surface area contributed by atoms with Gasteiger partial charge >= 0.3 is 5.97 Å². The Bertz CT molecular complexity index is 924. The maximum atomic E-state index is 13.2. The van der Waals surface area contributed by atoms with Gasteiger partial charge in [0, 0.05) is 0 Å². The summed E-state index contributed by atoms with van der Waals surface area (Å²) in [6.45, 7) is 3.58. The van der Waals surface area contributed by atoms with E-state index < -0.39 is 37.8 Å². The lowest BCUT2D eigenvalue weighted by Gasteiger charge is -2.33. The molecule has 3 rings (SSSR count). The quantitative estimate of drug-likeness (QED) is 0.471. The van der Waals surface area contributed by atoms with Gasteiger partial charge in [-0.3, -0.25) is 9.59 Å². The average Bonchev–Trinajstić information content (AvgIpc) is 2.77. The predicted octanol–water partition coefficient (Wildman–Crippen LogP) is 6.06. The van der Waals surface area contributed by atoms with E-state index in [1.165, 1.54) is 0 Å². The monoisotopic (exact) mass is 523 g/mol. The molecule has 1 saturated carbocycles. The van der Waals surface area contributed by atoms with E-state index in [4.69, 9.17) is 81.2 Å². The number of hydrogen-bond donors (Lipinski definition) is 2. The first-order chi connectivity index (χ1) is 12.7. The van der Waals surface area contributed by atoms with Crippen LogP contribution in [0.15, 0.2) is 22.2 Å². The lowest BCUT2D eigenvalue weighted by Crippen LogP contribution is -2.47. The van der Waals surface area contributed by atoms with Gasteiger partial charge < -0.3 is 10.4 Å². The van der Waals surface area contributed by atoms with Crippen molar-refractivity contribution < 1.29 is 14.7 Å². The molecule has 1 aromatic carbocycles. The minimum absolute atomic E-state index is 0.264. The number of hydrogen-bond acceptors (Lipinski definition) is 2. The molecule has 0 aromatic heterocycles. The van der Waals surface area contributed by atoms with Gasteiger partial charge in [-0.05, 0) is 31.0 Å². The fraction of sp³-hybridized carbons (Fsp3) is 0.412. The van der Waals surface area contributed by atoms with Crippen LogP contribution < -0.4 is 5.32 Å². The molecule has 1 amide bonds. The number of allylic oxidation sites excluding steroid dienone is 2. The minimum atomic E-state index is -2.16. The van der Waals surface area contributed by atoms with Gasteiger partial charge in [-0.1, -0.05) is 64.1 Å². The largest absolute Gasteiger partial charge is 0.481 e. The molecule has 152 valence electrons. The molecule has 28 heavy (non-hydrogen) atoms. The smallest absolute Gasteiger partial charge is 0.309 e. The summed E-state index contributed by atoms with van der Waals surface area (Å²) in [5.74, 6) is -5.41. The summed E-state index contributed by atoms with van der Waals surface area (Å²) in [7, 11) is 0. The molecule has 0 unspecified atom stereocenters. The van der Waals surface area contributed by atoms with Crippen LogP contribution in [-0.4, -0.2) is 31.1 Å². The van der Waals surface area contributed by atoms with Gasteiger partial charge in [0.2, 0.25) is 5.91 Å². The Morgan fingerprint density at radius 2 is 1.46 bits per heavy atom. The van der Waals surface area contributed by atoms with Crippen molar-refractivity contribution >= 4 is 98.8 Å². The van der Waals surface area contributed by atoms with Gasteiger partial charge in [0.25, 0.3) is 0 Å². The SMILES string of the molecule is Cc1cc(C)c(NC(=O)[C@@H]2[C@@H](C(=O)O)[C@@]3(Cl)C(Cl)=C(Cl)[C@@]2(Cl)C3(Cl)Cl)c(Cl)c1. The second-order valence-corrected chi connectivity index (χ2v) is 10.5. The Balaban J connectivity index is 2.14. The zero-order valence-electron chi connectivity index (χ0n) is 14.2. The van der Waals surface area contributed by atoms with E-state index >= 15 is 0 Å². The molecule has 0 saturated heterocycles. The second-order valence-electron chi connectivity index (χ2n) is 6.85. The highest BCUT2D eigenvalue weighted by molar-refractivity contribution is 6.66. The minimum Gasteiger partial charge on any atom is -0.481 e. The van der Waals surface area contributed by atoms with Crippen molar-refractivity contribution in [2.24, 2.45) is 11.8 Å². The number of fused-ring (bicyclic) bond motifs is 2. The molecule has 11 heteroatoms. The van der Waals surface area contributed by atoms with Crippen molar-refractivity contribution in [1.82, 2.24) is 0 Å². The number of amides is 1. The van der Waals surface area contributed by atoms with Crippen LogP contribution in [0.5, 0.6) is 0 Å². The van der Waals surface area contributed by atoms with Gasteiger partial charge in [0.1, 0.15) is 9.75 Å². The maximum absolute atomic E-state index is 13.2. The topological polar surface area (TPSA) is 66.4 Å². The van der Waals surface area contributed by atoms with Gasteiger partial charge in [0.05, 0.1) is 32.6 Å². The zero-order valence-corrected chi connectivity index (χ0v) is 19.5. The number of halogens is 7. The highest BCUT2D eigenvalue weighted by Gasteiger charge is 2.85. The molecule has 4 atom stereocenters.